The molecule has 0 unspecified atom stereocenters. The van der Waals surface area contributed by atoms with Crippen LogP contribution in [0.1, 0.15) is 29.3 Å². The van der Waals surface area contributed by atoms with Crippen LogP contribution in [-0.4, -0.2) is 31.8 Å². The van der Waals surface area contributed by atoms with Crippen molar-refractivity contribution >= 4 is 5.97 Å². The molecule has 1 aromatic rings. The Bertz CT molecular complexity index is 437. The number of hydrogen-bond acceptors (Lipinski definition) is 5. The number of aromatic nitrogens is 1. The first-order valence-corrected chi connectivity index (χ1v) is 5.13. The van der Waals surface area contributed by atoms with Gasteiger partial charge in [0, 0.05) is 6.07 Å². The number of pyridine rings is 1. The summed E-state index contributed by atoms with van der Waals surface area (Å²) in [5.41, 5.74) is -0.910. The summed E-state index contributed by atoms with van der Waals surface area (Å²) in [7, 11) is 2.49. The normalized spacial score (nSPS) is 10.3. The lowest BCUT2D eigenvalue weighted by molar-refractivity contribution is 0.0512. The van der Waals surface area contributed by atoms with Crippen LogP contribution < -0.4 is 9.47 Å². The molecule has 0 spiro atoms. The number of rotatable bonds is 5. The van der Waals surface area contributed by atoms with Crippen molar-refractivity contribution in [2.24, 2.45) is 0 Å². The summed E-state index contributed by atoms with van der Waals surface area (Å²) in [5, 5.41) is 0. The third-order valence-corrected chi connectivity index (χ3v) is 2.12. The minimum atomic E-state index is -2.90. The van der Waals surface area contributed by atoms with Crippen molar-refractivity contribution in [2.45, 2.75) is 13.3 Å². The first-order chi connectivity index (χ1) is 8.54. The second-order valence-corrected chi connectivity index (χ2v) is 3.16. The van der Waals surface area contributed by atoms with Gasteiger partial charge in [-0.25, -0.2) is 13.6 Å². The van der Waals surface area contributed by atoms with Crippen LogP contribution in [0.4, 0.5) is 8.78 Å². The van der Waals surface area contributed by atoms with Gasteiger partial charge in [-0.2, -0.15) is 4.98 Å². The lowest BCUT2D eigenvalue weighted by Crippen LogP contribution is -2.11. The van der Waals surface area contributed by atoms with Gasteiger partial charge in [0.15, 0.2) is 0 Å². The van der Waals surface area contributed by atoms with Crippen LogP contribution in [0, 0.1) is 0 Å². The van der Waals surface area contributed by atoms with E-state index in [4.69, 9.17) is 14.2 Å². The van der Waals surface area contributed by atoms with Crippen LogP contribution in [0.2, 0.25) is 0 Å². The van der Waals surface area contributed by atoms with Crippen molar-refractivity contribution in [2.75, 3.05) is 20.8 Å². The Labute approximate surface area is 103 Å². The van der Waals surface area contributed by atoms with Crippen LogP contribution in [0.3, 0.4) is 0 Å². The molecule has 0 atom stereocenters. The van der Waals surface area contributed by atoms with Crippen molar-refractivity contribution in [3.8, 4) is 11.8 Å². The minimum absolute atomic E-state index is 0.000645. The molecule has 1 rings (SSSR count). The zero-order chi connectivity index (χ0) is 13.7. The fourth-order valence-electron chi connectivity index (χ4n) is 1.36. The summed E-state index contributed by atoms with van der Waals surface area (Å²) in [6, 6.07) is 1.10. The fourth-order valence-corrected chi connectivity index (χ4v) is 1.36. The monoisotopic (exact) mass is 261 g/mol. The van der Waals surface area contributed by atoms with E-state index in [0.717, 1.165) is 6.07 Å². The van der Waals surface area contributed by atoms with Gasteiger partial charge in [0.2, 0.25) is 11.8 Å². The maximum Gasteiger partial charge on any atom is 0.339 e. The van der Waals surface area contributed by atoms with E-state index in [1.165, 1.54) is 14.2 Å². The molecular formula is C11H13F2NO4. The molecule has 1 aromatic heterocycles. The van der Waals surface area contributed by atoms with Crippen molar-refractivity contribution in [3.63, 3.8) is 0 Å². The molecule has 0 amide bonds. The van der Waals surface area contributed by atoms with E-state index >= 15 is 0 Å². The SMILES string of the molecule is CCOC(=O)c1cc(OC)nc(OC)c1C(F)F. The number of hydrogen-bond donors (Lipinski definition) is 0. The molecule has 1 heterocycles. The summed E-state index contributed by atoms with van der Waals surface area (Å²) in [4.78, 5) is 15.3. The molecule has 18 heavy (non-hydrogen) atoms. The standard InChI is InChI=1S/C11H13F2NO4/c1-4-18-11(15)6-5-7(16-2)14-10(17-3)8(6)9(12)13/h5,9H,4H2,1-3H3. The topological polar surface area (TPSA) is 57.7 Å². The molecule has 0 N–H and O–H groups in total. The first-order valence-electron chi connectivity index (χ1n) is 5.13. The van der Waals surface area contributed by atoms with E-state index in [1.54, 1.807) is 6.92 Å². The molecule has 0 saturated heterocycles. The molecule has 7 heteroatoms. The van der Waals surface area contributed by atoms with Gasteiger partial charge in [-0.1, -0.05) is 0 Å². The Hall–Kier alpha value is -1.92. The molecular weight excluding hydrogens is 248 g/mol. The molecule has 0 radical (unpaired) electrons. The maximum absolute atomic E-state index is 12.9. The van der Waals surface area contributed by atoms with Gasteiger partial charge < -0.3 is 14.2 Å². The lowest BCUT2D eigenvalue weighted by atomic mass is 10.1. The van der Waals surface area contributed by atoms with Crippen molar-refractivity contribution < 1.29 is 27.8 Å². The number of ether oxygens (including phenoxy) is 3. The van der Waals surface area contributed by atoms with Crippen LogP contribution >= 0.6 is 0 Å². The van der Waals surface area contributed by atoms with Crippen LogP contribution in [0.5, 0.6) is 11.8 Å². The predicted octanol–water partition coefficient (Wildman–Crippen LogP) is 2.21. The maximum atomic E-state index is 12.9. The van der Waals surface area contributed by atoms with E-state index in [9.17, 15) is 13.6 Å². The van der Waals surface area contributed by atoms with Gasteiger partial charge in [0.05, 0.1) is 32.0 Å². The Balaban J connectivity index is 3.39. The number of alkyl halides is 2. The third-order valence-electron chi connectivity index (χ3n) is 2.12. The zero-order valence-electron chi connectivity index (χ0n) is 10.2. The Morgan fingerprint density at radius 2 is 2.06 bits per heavy atom. The number of halogens is 2. The number of esters is 1. The Morgan fingerprint density at radius 1 is 1.39 bits per heavy atom. The predicted molar refractivity (Wildman–Crippen MR) is 58.3 cm³/mol. The molecule has 0 aliphatic heterocycles. The quantitative estimate of drug-likeness (QED) is 0.760. The highest BCUT2D eigenvalue weighted by atomic mass is 19.3. The van der Waals surface area contributed by atoms with E-state index in [2.05, 4.69) is 4.98 Å². The molecule has 5 nitrogen and oxygen atoms in total. The summed E-state index contributed by atoms with van der Waals surface area (Å²) < 4.78 is 40.1. The minimum Gasteiger partial charge on any atom is -0.481 e. The summed E-state index contributed by atoms with van der Waals surface area (Å²) in [6.45, 7) is 1.66. The Morgan fingerprint density at radius 3 is 2.50 bits per heavy atom. The highest BCUT2D eigenvalue weighted by Gasteiger charge is 2.26. The molecule has 0 aliphatic carbocycles. The Kier molecular flexibility index (Phi) is 4.82. The second kappa shape index (κ2) is 6.13. The van der Waals surface area contributed by atoms with Crippen LogP contribution in [0.15, 0.2) is 6.07 Å². The van der Waals surface area contributed by atoms with Gasteiger partial charge in [-0.15, -0.1) is 0 Å². The molecule has 0 saturated carbocycles. The lowest BCUT2D eigenvalue weighted by Gasteiger charge is -2.13. The van der Waals surface area contributed by atoms with Crippen molar-refractivity contribution in [3.05, 3.63) is 17.2 Å². The molecule has 0 fully saturated rings. The van der Waals surface area contributed by atoms with Gasteiger partial charge in [-0.05, 0) is 6.92 Å². The second-order valence-electron chi connectivity index (χ2n) is 3.16. The third kappa shape index (κ3) is 2.85. The van der Waals surface area contributed by atoms with Gasteiger partial charge in [0.1, 0.15) is 0 Å². The van der Waals surface area contributed by atoms with Crippen molar-refractivity contribution in [1.82, 2.24) is 4.98 Å². The van der Waals surface area contributed by atoms with E-state index in [0.29, 0.717) is 0 Å². The van der Waals surface area contributed by atoms with Gasteiger partial charge >= 0.3 is 5.97 Å². The van der Waals surface area contributed by atoms with E-state index < -0.39 is 18.0 Å². The molecule has 0 aromatic carbocycles. The van der Waals surface area contributed by atoms with Crippen molar-refractivity contribution in [1.29, 1.82) is 0 Å². The summed E-state index contributed by atoms with van der Waals surface area (Å²) in [5.74, 6) is -1.22. The smallest absolute Gasteiger partial charge is 0.339 e. The molecule has 100 valence electrons. The largest absolute Gasteiger partial charge is 0.481 e. The average molecular weight is 261 g/mol. The molecule has 0 aliphatic rings. The highest BCUT2D eigenvalue weighted by Crippen LogP contribution is 2.33. The fraction of sp³-hybridized carbons (Fsp3) is 0.455. The van der Waals surface area contributed by atoms with E-state index in [1.807, 2.05) is 0 Å². The average Bonchev–Trinajstić information content (AvgIpc) is 2.36. The van der Waals surface area contributed by atoms with Gasteiger partial charge in [-0.3, -0.25) is 0 Å². The number of methoxy groups -OCH3 is 2. The number of carbonyl (C=O) groups excluding carboxylic acids is 1. The van der Waals surface area contributed by atoms with Crippen LogP contribution in [0.25, 0.3) is 0 Å². The highest BCUT2D eigenvalue weighted by molar-refractivity contribution is 5.92. The first kappa shape index (κ1) is 14.1. The summed E-state index contributed by atoms with van der Waals surface area (Å²) in [6.07, 6.45) is -2.90. The summed E-state index contributed by atoms with van der Waals surface area (Å²) >= 11 is 0. The van der Waals surface area contributed by atoms with Gasteiger partial charge in [0.25, 0.3) is 6.43 Å². The zero-order valence-corrected chi connectivity index (χ0v) is 10.2. The molecule has 0 bridgehead atoms. The number of nitrogens with zero attached hydrogens (tertiary/aromatic N) is 1. The van der Waals surface area contributed by atoms with E-state index in [-0.39, 0.29) is 23.9 Å². The van der Waals surface area contributed by atoms with Crippen LogP contribution in [-0.2, 0) is 4.74 Å². The number of carbonyl (C=O) groups is 1.